The molecule has 0 saturated carbocycles. The number of carbonyl (C=O) groups is 2. The summed E-state index contributed by atoms with van der Waals surface area (Å²) in [5.41, 5.74) is 1.50. The van der Waals surface area contributed by atoms with Gasteiger partial charge in [-0.05, 0) is 35.9 Å². The molecule has 144 valence electrons. The molecule has 0 spiro atoms. The summed E-state index contributed by atoms with van der Waals surface area (Å²) in [5, 5.41) is 7.96. The smallest absolute Gasteiger partial charge is 0.271 e. The van der Waals surface area contributed by atoms with Gasteiger partial charge in [-0.2, -0.15) is 0 Å². The van der Waals surface area contributed by atoms with Gasteiger partial charge < -0.3 is 10.1 Å². The summed E-state index contributed by atoms with van der Waals surface area (Å²) in [5.74, 6) is 0.0251. The van der Waals surface area contributed by atoms with Gasteiger partial charge in [0.15, 0.2) is 5.13 Å². The van der Waals surface area contributed by atoms with Gasteiger partial charge in [0.1, 0.15) is 11.4 Å². The molecule has 2 amide bonds. The highest BCUT2D eigenvalue weighted by molar-refractivity contribution is 7.14. The van der Waals surface area contributed by atoms with Crippen molar-refractivity contribution in [2.45, 2.75) is 6.54 Å². The number of benzene rings is 2. The van der Waals surface area contributed by atoms with Gasteiger partial charge in [0.05, 0.1) is 17.2 Å². The molecule has 0 aliphatic heterocycles. The van der Waals surface area contributed by atoms with Crippen molar-refractivity contribution in [1.29, 1.82) is 0 Å². The van der Waals surface area contributed by atoms with Crippen LogP contribution < -0.4 is 15.4 Å². The minimum absolute atomic E-state index is 0.225. The Kier molecular flexibility index (Phi) is 6.51. The Hall–Kier alpha value is -2.61. The molecular formula is C19H15Cl2N3O3S. The summed E-state index contributed by atoms with van der Waals surface area (Å²) < 4.78 is 5.10. The van der Waals surface area contributed by atoms with Gasteiger partial charge >= 0.3 is 0 Å². The first-order valence-corrected chi connectivity index (χ1v) is 9.73. The number of anilines is 1. The quantitative estimate of drug-likeness (QED) is 0.590. The molecule has 0 radical (unpaired) electrons. The SMILES string of the molecule is COc1ccc(CNC(=O)c2csc(NC(=O)c3ccc(Cl)c(Cl)c3)n2)cc1. The van der Waals surface area contributed by atoms with E-state index in [0.717, 1.165) is 22.6 Å². The molecule has 28 heavy (non-hydrogen) atoms. The topological polar surface area (TPSA) is 80.3 Å². The van der Waals surface area contributed by atoms with Crippen LogP contribution >= 0.6 is 34.5 Å². The molecular weight excluding hydrogens is 421 g/mol. The number of nitrogens with zero attached hydrogens (tertiary/aromatic N) is 1. The van der Waals surface area contributed by atoms with Crippen molar-refractivity contribution >= 4 is 51.5 Å². The van der Waals surface area contributed by atoms with Crippen LogP contribution in [0.15, 0.2) is 47.8 Å². The van der Waals surface area contributed by atoms with Gasteiger partial charge in [-0.3, -0.25) is 14.9 Å². The highest BCUT2D eigenvalue weighted by atomic mass is 35.5. The largest absolute Gasteiger partial charge is 0.497 e. The van der Waals surface area contributed by atoms with E-state index in [1.54, 1.807) is 24.6 Å². The monoisotopic (exact) mass is 435 g/mol. The molecule has 9 heteroatoms. The maximum atomic E-state index is 12.3. The van der Waals surface area contributed by atoms with Crippen molar-refractivity contribution in [3.8, 4) is 5.75 Å². The maximum Gasteiger partial charge on any atom is 0.271 e. The van der Waals surface area contributed by atoms with Crippen molar-refractivity contribution < 1.29 is 14.3 Å². The number of amides is 2. The molecule has 6 nitrogen and oxygen atoms in total. The number of thiazole rings is 1. The lowest BCUT2D eigenvalue weighted by Crippen LogP contribution is -2.23. The molecule has 2 aromatic carbocycles. The summed E-state index contributed by atoms with van der Waals surface area (Å²) in [6.07, 6.45) is 0. The van der Waals surface area contributed by atoms with Gasteiger partial charge in [-0.25, -0.2) is 4.98 Å². The Morgan fingerprint density at radius 1 is 1.07 bits per heavy atom. The fourth-order valence-corrected chi connectivity index (χ4v) is 3.24. The summed E-state index contributed by atoms with van der Waals surface area (Å²) in [4.78, 5) is 28.7. The second-order valence-corrected chi connectivity index (χ2v) is 7.32. The first kappa shape index (κ1) is 20.1. The standard InChI is InChI=1S/C19H15Cl2N3O3S/c1-27-13-5-2-11(3-6-13)9-22-18(26)16-10-28-19(23-16)24-17(25)12-4-7-14(20)15(21)8-12/h2-8,10H,9H2,1H3,(H,22,26)(H,23,24,25). The second kappa shape index (κ2) is 9.05. The van der Waals surface area contributed by atoms with Crippen molar-refractivity contribution in [3.63, 3.8) is 0 Å². The van der Waals surface area contributed by atoms with Crippen LogP contribution in [0.2, 0.25) is 10.0 Å². The van der Waals surface area contributed by atoms with Crippen molar-refractivity contribution in [3.05, 3.63) is 74.7 Å². The number of hydrogen-bond donors (Lipinski definition) is 2. The zero-order valence-corrected chi connectivity index (χ0v) is 17.0. The Morgan fingerprint density at radius 2 is 1.82 bits per heavy atom. The summed E-state index contributed by atoms with van der Waals surface area (Å²) in [6.45, 7) is 0.353. The summed E-state index contributed by atoms with van der Waals surface area (Å²) >= 11 is 12.9. The van der Waals surface area contributed by atoms with Crippen molar-refractivity contribution in [2.24, 2.45) is 0 Å². The van der Waals surface area contributed by atoms with E-state index in [4.69, 9.17) is 27.9 Å². The number of carbonyl (C=O) groups excluding carboxylic acids is 2. The Morgan fingerprint density at radius 3 is 2.50 bits per heavy atom. The molecule has 0 fully saturated rings. The number of hydrogen-bond acceptors (Lipinski definition) is 5. The van der Waals surface area contributed by atoms with Crippen LogP contribution in [0.25, 0.3) is 0 Å². The molecule has 0 aliphatic carbocycles. The lowest BCUT2D eigenvalue weighted by Gasteiger charge is -2.05. The van der Waals surface area contributed by atoms with E-state index >= 15 is 0 Å². The summed E-state index contributed by atoms with van der Waals surface area (Å²) in [6, 6.07) is 11.9. The first-order valence-electron chi connectivity index (χ1n) is 8.09. The molecule has 0 bridgehead atoms. The van der Waals surface area contributed by atoms with Crippen molar-refractivity contribution in [2.75, 3.05) is 12.4 Å². The minimum Gasteiger partial charge on any atom is -0.497 e. The fraction of sp³-hybridized carbons (Fsp3) is 0.105. The minimum atomic E-state index is -0.391. The average Bonchev–Trinajstić information content (AvgIpc) is 3.17. The third kappa shape index (κ3) is 5.01. The lowest BCUT2D eigenvalue weighted by molar-refractivity contribution is 0.0945. The molecule has 2 N–H and O–H groups in total. The molecule has 3 aromatic rings. The van der Waals surface area contributed by atoms with Gasteiger partial charge in [-0.1, -0.05) is 35.3 Å². The van der Waals surface area contributed by atoms with Crippen LogP contribution in [0.4, 0.5) is 5.13 Å². The van der Waals surface area contributed by atoms with E-state index in [0.29, 0.717) is 22.3 Å². The van der Waals surface area contributed by atoms with E-state index in [1.807, 2.05) is 24.3 Å². The number of rotatable bonds is 6. The number of methoxy groups -OCH3 is 1. The van der Waals surface area contributed by atoms with Crippen LogP contribution in [0.3, 0.4) is 0 Å². The lowest BCUT2D eigenvalue weighted by atomic mass is 10.2. The van der Waals surface area contributed by atoms with Crippen LogP contribution in [-0.2, 0) is 6.54 Å². The van der Waals surface area contributed by atoms with Gasteiger partial charge in [0, 0.05) is 17.5 Å². The number of aromatic nitrogens is 1. The molecule has 1 heterocycles. The predicted octanol–water partition coefficient (Wildman–Crippen LogP) is 4.64. The highest BCUT2D eigenvalue weighted by Gasteiger charge is 2.14. The molecule has 0 atom stereocenters. The zero-order valence-electron chi connectivity index (χ0n) is 14.7. The molecule has 1 aromatic heterocycles. The molecule has 0 unspecified atom stereocenters. The third-order valence-corrected chi connectivity index (χ3v) is 5.25. The third-order valence-electron chi connectivity index (χ3n) is 3.75. The summed E-state index contributed by atoms with van der Waals surface area (Å²) in [7, 11) is 1.59. The molecule has 0 saturated heterocycles. The molecule has 3 rings (SSSR count). The normalized spacial score (nSPS) is 10.4. The Bertz CT molecular complexity index is 1010. The maximum absolute atomic E-state index is 12.3. The number of halogens is 2. The van der Waals surface area contributed by atoms with E-state index < -0.39 is 5.91 Å². The average molecular weight is 436 g/mol. The Balaban J connectivity index is 1.58. The van der Waals surface area contributed by atoms with Crippen LogP contribution in [0.5, 0.6) is 5.75 Å². The van der Waals surface area contributed by atoms with E-state index in [9.17, 15) is 9.59 Å². The zero-order chi connectivity index (χ0) is 20.1. The number of ether oxygens (including phenoxy) is 1. The second-order valence-electron chi connectivity index (χ2n) is 5.65. The van der Waals surface area contributed by atoms with Gasteiger partial charge in [-0.15, -0.1) is 11.3 Å². The van der Waals surface area contributed by atoms with Crippen LogP contribution in [-0.4, -0.2) is 23.9 Å². The highest BCUT2D eigenvalue weighted by Crippen LogP contribution is 2.23. The van der Waals surface area contributed by atoms with Crippen LogP contribution in [0, 0.1) is 0 Å². The molecule has 0 aliphatic rings. The fourth-order valence-electron chi connectivity index (χ4n) is 2.26. The predicted molar refractivity (Wildman–Crippen MR) is 111 cm³/mol. The van der Waals surface area contributed by atoms with Crippen molar-refractivity contribution in [1.82, 2.24) is 10.3 Å². The number of nitrogens with one attached hydrogen (secondary N) is 2. The van der Waals surface area contributed by atoms with Crippen LogP contribution in [0.1, 0.15) is 26.4 Å². The first-order chi connectivity index (χ1) is 13.5. The van der Waals surface area contributed by atoms with E-state index in [2.05, 4.69) is 15.6 Å². The van der Waals surface area contributed by atoms with Gasteiger partial charge in [0.2, 0.25) is 0 Å². The van der Waals surface area contributed by atoms with E-state index in [-0.39, 0.29) is 16.6 Å². The van der Waals surface area contributed by atoms with E-state index in [1.165, 1.54) is 6.07 Å². The Labute approximate surface area is 175 Å². The van der Waals surface area contributed by atoms with Gasteiger partial charge in [0.25, 0.3) is 11.8 Å².